The first kappa shape index (κ1) is 32.8. The van der Waals surface area contributed by atoms with E-state index in [0.29, 0.717) is 29.8 Å². The minimum absolute atomic E-state index is 0.0265. The van der Waals surface area contributed by atoms with Crippen molar-refractivity contribution in [2.24, 2.45) is 11.1 Å². The number of nitrogens with zero attached hydrogens (tertiary/aromatic N) is 2. The quantitative estimate of drug-likeness (QED) is 0.264. The van der Waals surface area contributed by atoms with Gasteiger partial charge in [0.25, 0.3) is 0 Å². The van der Waals surface area contributed by atoms with Gasteiger partial charge in [0.05, 0.1) is 36.2 Å². The predicted octanol–water partition coefficient (Wildman–Crippen LogP) is 7.05. The molecule has 0 spiro atoms. The molecule has 3 fully saturated rings. The third kappa shape index (κ3) is 9.18. The van der Waals surface area contributed by atoms with Gasteiger partial charge >= 0.3 is 0 Å². The van der Waals surface area contributed by atoms with Crippen molar-refractivity contribution in [2.45, 2.75) is 43.0 Å². The lowest BCUT2D eigenvalue weighted by molar-refractivity contribution is -0.152. The fourth-order valence-corrected chi connectivity index (χ4v) is 6.66. The van der Waals surface area contributed by atoms with Crippen molar-refractivity contribution in [3.63, 3.8) is 0 Å². The molecule has 42 heavy (non-hydrogen) atoms. The second-order valence-corrected chi connectivity index (χ2v) is 13.3. The van der Waals surface area contributed by atoms with E-state index in [0.717, 1.165) is 36.3 Å². The zero-order valence-electron chi connectivity index (χ0n) is 23.4. The standard InChI is InChI=1S/C24H26ClFN2O3S.C6H5Cl.CH5NS/c25-18-9-7-17(8-10-18)23-14-31-15-24(29)28(23)22(16-5-6-16)13-27(32(30)19-11-12-19)21-4-2-1-3-20(21)26;7-6-4-2-1-3-5-6;1-3-2/h1-4,7-10,16,19,22-23H,5-6,11-15H2;1-5H;2H2,1H3. The second-order valence-electron chi connectivity index (χ2n) is 10.3. The number of morpholine rings is 1. The van der Waals surface area contributed by atoms with Crippen LogP contribution in [0.1, 0.15) is 37.3 Å². The fraction of sp³-hybridized carbons (Fsp3) is 0.387. The van der Waals surface area contributed by atoms with Gasteiger partial charge in [-0.15, -0.1) is 0 Å². The lowest BCUT2D eigenvalue weighted by Crippen LogP contribution is -2.54. The molecule has 1 amide bonds. The monoisotopic (exact) mass is 651 g/mol. The summed E-state index contributed by atoms with van der Waals surface area (Å²) in [4.78, 5) is 15.0. The Morgan fingerprint density at radius 2 is 1.60 bits per heavy atom. The molecule has 226 valence electrons. The number of benzene rings is 3. The minimum atomic E-state index is -1.34. The summed E-state index contributed by atoms with van der Waals surface area (Å²) in [5, 5.41) is 6.25. The summed E-state index contributed by atoms with van der Waals surface area (Å²) in [5.41, 5.74) is 1.29. The maximum Gasteiger partial charge on any atom is 0.249 e. The molecule has 2 saturated carbocycles. The Kier molecular flexibility index (Phi) is 12.5. The third-order valence-corrected chi connectivity index (χ3v) is 9.46. The van der Waals surface area contributed by atoms with E-state index in [-0.39, 0.29) is 29.8 Å². The Morgan fingerprint density at radius 1 is 1.00 bits per heavy atom. The van der Waals surface area contributed by atoms with Gasteiger partial charge in [0.1, 0.15) is 23.4 Å². The summed E-state index contributed by atoms with van der Waals surface area (Å²) in [7, 11) is -1.34. The van der Waals surface area contributed by atoms with Crippen LogP contribution in [0.5, 0.6) is 0 Å². The van der Waals surface area contributed by atoms with Crippen molar-refractivity contribution >= 4 is 57.7 Å². The van der Waals surface area contributed by atoms with Crippen molar-refractivity contribution in [1.82, 2.24) is 4.90 Å². The lowest BCUT2D eigenvalue weighted by Gasteiger charge is -2.43. The minimum Gasteiger partial charge on any atom is -0.369 e. The Balaban J connectivity index is 0.000000347. The van der Waals surface area contributed by atoms with Crippen LogP contribution in [0.3, 0.4) is 0 Å². The van der Waals surface area contributed by atoms with E-state index < -0.39 is 16.8 Å². The Morgan fingerprint density at radius 3 is 2.14 bits per heavy atom. The summed E-state index contributed by atoms with van der Waals surface area (Å²) in [5.74, 6) is -0.172. The topological polar surface area (TPSA) is 75.9 Å². The first-order valence-corrected chi connectivity index (χ1v) is 17.1. The fourth-order valence-electron chi connectivity index (χ4n) is 4.85. The van der Waals surface area contributed by atoms with Gasteiger partial charge in [-0.2, -0.15) is 0 Å². The van der Waals surface area contributed by atoms with Crippen LogP contribution in [0.25, 0.3) is 0 Å². The van der Waals surface area contributed by atoms with E-state index >= 15 is 0 Å². The maximum absolute atomic E-state index is 14.8. The average molecular weight is 653 g/mol. The molecule has 6 rings (SSSR count). The molecule has 3 unspecified atom stereocenters. The van der Waals surface area contributed by atoms with Gasteiger partial charge in [-0.3, -0.25) is 14.2 Å². The van der Waals surface area contributed by atoms with Crippen LogP contribution in [0.15, 0.2) is 78.9 Å². The van der Waals surface area contributed by atoms with Gasteiger partial charge in [0.15, 0.2) is 0 Å². The van der Waals surface area contributed by atoms with Gasteiger partial charge in [0.2, 0.25) is 5.91 Å². The molecule has 2 N–H and O–H groups in total. The number of amides is 1. The van der Waals surface area contributed by atoms with Crippen molar-refractivity contribution in [3.8, 4) is 0 Å². The molecular formula is C31H36Cl2FN3O3S2. The first-order chi connectivity index (χ1) is 20.3. The van der Waals surface area contributed by atoms with Crippen molar-refractivity contribution < 1.29 is 18.1 Å². The summed E-state index contributed by atoms with van der Waals surface area (Å²) < 4.78 is 35.4. The SMILES string of the molecule is CSN.Clc1ccccc1.O=C1COCC(c2ccc(Cl)cc2)N1C(CN(c1ccccc1F)S(=O)C1CC1)C1CC1. The number of anilines is 1. The molecule has 3 aromatic rings. The number of ether oxygens (including phenoxy) is 1. The van der Waals surface area contributed by atoms with E-state index in [1.54, 1.807) is 22.5 Å². The van der Waals surface area contributed by atoms with Gasteiger partial charge < -0.3 is 9.64 Å². The molecule has 1 aliphatic heterocycles. The Hall–Kier alpha value is -2.14. The van der Waals surface area contributed by atoms with E-state index in [1.165, 1.54) is 18.0 Å². The normalized spacial score (nSPS) is 19.5. The van der Waals surface area contributed by atoms with Crippen LogP contribution < -0.4 is 9.44 Å². The molecule has 2 aliphatic carbocycles. The second kappa shape index (κ2) is 16.1. The van der Waals surface area contributed by atoms with Gasteiger partial charge in [-0.25, -0.2) is 8.60 Å². The molecule has 3 aliphatic rings. The molecule has 1 heterocycles. The number of carbonyl (C=O) groups is 1. The van der Waals surface area contributed by atoms with Gasteiger partial charge in [-0.1, -0.05) is 77.6 Å². The van der Waals surface area contributed by atoms with E-state index in [1.807, 2.05) is 65.8 Å². The molecule has 0 radical (unpaired) electrons. The average Bonchev–Trinajstić information content (AvgIpc) is 3.90. The zero-order valence-corrected chi connectivity index (χ0v) is 26.6. The number of hydrogen-bond acceptors (Lipinski definition) is 5. The summed E-state index contributed by atoms with van der Waals surface area (Å²) in [6.45, 7) is 0.755. The van der Waals surface area contributed by atoms with Crippen molar-refractivity contribution in [1.29, 1.82) is 0 Å². The van der Waals surface area contributed by atoms with Crippen LogP contribution in [0.4, 0.5) is 10.1 Å². The summed E-state index contributed by atoms with van der Waals surface area (Å²) >= 11 is 12.9. The number of rotatable bonds is 8. The number of nitrogens with two attached hydrogens (primary N) is 1. The summed E-state index contributed by atoms with van der Waals surface area (Å²) in [6.07, 6.45) is 5.60. The molecule has 0 aromatic heterocycles. The molecule has 1 saturated heterocycles. The van der Waals surface area contributed by atoms with Crippen LogP contribution in [-0.4, -0.2) is 52.3 Å². The Bertz CT molecular complexity index is 1310. The first-order valence-electron chi connectivity index (χ1n) is 13.8. The highest BCUT2D eigenvalue weighted by molar-refractivity contribution is 7.96. The summed E-state index contributed by atoms with van der Waals surface area (Å²) in [6, 6.07) is 23.0. The van der Waals surface area contributed by atoms with Crippen LogP contribution in [0, 0.1) is 11.7 Å². The van der Waals surface area contributed by atoms with Crippen molar-refractivity contribution in [2.75, 3.05) is 30.3 Å². The molecule has 11 heteroatoms. The lowest BCUT2D eigenvalue weighted by atomic mass is 10.00. The third-order valence-electron chi connectivity index (χ3n) is 7.14. The zero-order chi connectivity index (χ0) is 30.1. The largest absolute Gasteiger partial charge is 0.369 e. The van der Waals surface area contributed by atoms with Gasteiger partial charge in [-0.05, 0) is 79.8 Å². The molecule has 0 bridgehead atoms. The van der Waals surface area contributed by atoms with E-state index in [2.05, 4.69) is 0 Å². The van der Waals surface area contributed by atoms with Gasteiger partial charge in [0, 0.05) is 10.0 Å². The van der Waals surface area contributed by atoms with Crippen LogP contribution in [0.2, 0.25) is 10.0 Å². The molecule has 6 nitrogen and oxygen atoms in total. The number of carbonyl (C=O) groups excluding carboxylic acids is 1. The van der Waals surface area contributed by atoms with E-state index in [9.17, 15) is 13.4 Å². The molecule has 3 aromatic carbocycles. The smallest absolute Gasteiger partial charge is 0.249 e. The molecule has 3 atom stereocenters. The molecular weight excluding hydrogens is 616 g/mol. The Labute approximate surface area is 264 Å². The van der Waals surface area contributed by atoms with E-state index in [4.69, 9.17) is 33.1 Å². The number of para-hydroxylation sites is 1. The van der Waals surface area contributed by atoms with Crippen LogP contribution >= 0.6 is 35.1 Å². The maximum atomic E-state index is 14.8. The predicted molar refractivity (Wildman–Crippen MR) is 172 cm³/mol. The number of hydrogen-bond donors (Lipinski definition) is 1. The number of halogens is 3. The highest BCUT2D eigenvalue weighted by Gasteiger charge is 2.45. The highest BCUT2D eigenvalue weighted by atomic mass is 35.5. The van der Waals surface area contributed by atoms with Crippen LogP contribution in [-0.2, 0) is 20.5 Å². The highest BCUT2D eigenvalue weighted by Crippen LogP contribution is 2.42. The van der Waals surface area contributed by atoms with Crippen molar-refractivity contribution in [3.05, 3.63) is 100 Å².